The van der Waals surface area contributed by atoms with Crippen LogP contribution < -0.4 is 9.46 Å². The zero-order chi connectivity index (χ0) is 18.8. The van der Waals surface area contributed by atoms with E-state index in [4.69, 9.17) is 0 Å². The predicted molar refractivity (Wildman–Crippen MR) is 90.0 cm³/mol. The highest BCUT2D eigenvalue weighted by Gasteiger charge is 2.32. The second kappa shape index (κ2) is 7.28. The monoisotopic (exact) mass is 385 g/mol. The zero-order valence-corrected chi connectivity index (χ0v) is 14.6. The molecule has 1 fully saturated rings. The number of halogens is 3. The molecule has 1 saturated carbocycles. The van der Waals surface area contributed by atoms with Gasteiger partial charge in [0, 0.05) is 6.04 Å². The maximum absolute atomic E-state index is 12.6. The van der Waals surface area contributed by atoms with Crippen molar-refractivity contribution in [2.75, 3.05) is 0 Å². The maximum Gasteiger partial charge on any atom is 0.573 e. The SMILES string of the molecule is O=S(=O)(N[C@H](CC1CC1)c1ccccc1)c1ccc(OC(F)(F)F)cc1. The molecule has 0 bridgehead atoms. The molecule has 8 heteroatoms. The van der Waals surface area contributed by atoms with E-state index in [0.717, 1.165) is 42.7 Å². The molecule has 26 heavy (non-hydrogen) atoms. The van der Waals surface area contributed by atoms with Gasteiger partial charge in [0.2, 0.25) is 10.0 Å². The van der Waals surface area contributed by atoms with Crippen LogP contribution in [0.15, 0.2) is 59.5 Å². The van der Waals surface area contributed by atoms with Gasteiger partial charge in [0.15, 0.2) is 0 Å². The number of ether oxygens (including phenoxy) is 1. The number of hydrogen-bond donors (Lipinski definition) is 1. The Morgan fingerprint density at radius 2 is 1.65 bits per heavy atom. The van der Waals surface area contributed by atoms with Gasteiger partial charge in [-0.05, 0) is 42.2 Å². The van der Waals surface area contributed by atoms with Gasteiger partial charge in [-0.15, -0.1) is 13.2 Å². The Balaban J connectivity index is 1.77. The van der Waals surface area contributed by atoms with Crippen molar-refractivity contribution in [1.29, 1.82) is 0 Å². The van der Waals surface area contributed by atoms with E-state index in [-0.39, 0.29) is 10.9 Å². The van der Waals surface area contributed by atoms with Crippen LogP contribution in [0.25, 0.3) is 0 Å². The van der Waals surface area contributed by atoms with Crippen molar-refractivity contribution in [1.82, 2.24) is 4.72 Å². The van der Waals surface area contributed by atoms with Gasteiger partial charge in [0.05, 0.1) is 4.90 Å². The van der Waals surface area contributed by atoms with Crippen molar-refractivity contribution < 1.29 is 26.3 Å². The predicted octanol–water partition coefficient (Wildman–Crippen LogP) is 4.40. The highest BCUT2D eigenvalue weighted by Crippen LogP contribution is 2.38. The lowest BCUT2D eigenvalue weighted by atomic mass is 10.0. The van der Waals surface area contributed by atoms with Crippen LogP contribution in [0.5, 0.6) is 5.75 Å². The first-order valence-corrected chi connectivity index (χ1v) is 9.64. The Bertz CT molecular complexity index is 832. The molecule has 0 aliphatic heterocycles. The van der Waals surface area contributed by atoms with Crippen LogP contribution in [0.3, 0.4) is 0 Å². The van der Waals surface area contributed by atoms with E-state index in [9.17, 15) is 21.6 Å². The van der Waals surface area contributed by atoms with Gasteiger partial charge in [-0.1, -0.05) is 43.2 Å². The minimum Gasteiger partial charge on any atom is -0.406 e. The summed E-state index contributed by atoms with van der Waals surface area (Å²) in [5.74, 6) is 0.0273. The van der Waals surface area contributed by atoms with Crippen molar-refractivity contribution in [3.8, 4) is 5.75 Å². The third-order valence-corrected chi connectivity index (χ3v) is 5.62. The standard InChI is InChI=1S/C18H18F3NO3S/c19-18(20,21)25-15-8-10-16(11-9-15)26(23,24)22-17(12-13-6-7-13)14-4-2-1-3-5-14/h1-5,8-11,13,17,22H,6-7,12H2/t17-/m1/s1. The van der Waals surface area contributed by atoms with Crippen LogP contribution in [-0.4, -0.2) is 14.8 Å². The summed E-state index contributed by atoms with van der Waals surface area (Å²) in [7, 11) is -3.87. The Labute approximate surface area is 150 Å². The molecule has 4 nitrogen and oxygen atoms in total. The minimum absolute atomic E-state index is 0.108. The van der Waals surface area contributed by atoms with E-state index < -0.39 is 22.1 Å². The maximum atomic E-state index is 12.6. The van der Waals surface area contributed by atoms with Gasteiger partial charge in [0.25, 0.3) is 0 Å². The van der Waals surface area contributed by atoms with Crippen molar-refractivity contribution >= 4 is 10.0 Å². The highest BCUT2D eigenvalue weighted by atomic mass is 32.2. The highest BCUT2D eigenvalue weighted by molar-refractivity contribution is 7.89. The Kier molecular flexibility index (Phi) is 5.24. The Hall–Kier alpha value is -2.06. The topological polar surface area (TPSA) is 55.4 Å². The number of alkyl halides is 3. The van der Waals surface area contributed by atoms with E-state index >= 15 is 0 Å². The average molecular weight is 385 g/mol. The molecular formula is C18H18F3NO3S. The first kappa shape index (κ1) is 18.7. The second-order valence-corrected chi connectivity index (χ2v) is 8.00. The summed E-state index contributed by atoms with van der Waals surface area (Å²) >= 11 is 0. The smallest absolute Gasteiger partial charge is 0.406 e. The quantitative estimate of drug-likeness (QED) is 0.768. The largest absolute Gasteiger partial charge is 0.573 e. The van der Waals surface area contributed by atoms with Crippen LogP contribution in [0.1, 0.15) is 30.9 Å². The van der Waals surface area contributed by atoms with E-state index in [1.165, 1.54) is 0 Å². The van der Waals surface area contributed by atoms with Crippen LogP contribution in [0.2, 0.25) is 0 Å². The molecule has 2 aromatic rings. The van der Waals surface area contributed by atoms with Gasteiger partial charge in [-0.3, -0.25) is 0 Å². The molecule has 0 heterocycles. The third-order valence-electron chi connectivity index (χ3n) is 4.13. The van der Waals surface area contributed by atoms with Crippen LogP contribution in [-0.2, 0) is 10.0 Å². The number of sulfonamides is 1. The molecule has 1 aliphatic rings. The number of rotatable bonds is 7. The van der Waals surface area contributed by atoms with Gasteiger partial charge < -0.3 is 4.74 Å². The Morgan fingerprint density at radius 1 is 1.04 bits per heavy atom. The molecule has 0 unspecified atom stereocenters. The van der Waals surface area contributed by atoms with Crippen molar-refractivity contribution in [3.63, 3.8) is 0 Å². The zero-order valence-electron chi connectivity index (χ0n) is 13.7. The van der Waals surface area contributed by atoms with Crippen LogP contribution >= 0.6 is 0 Å². The van der Waals surface area contributed by atoms with E-state index in [1.807, 2.05) is 30.3 Å². The van der Waals surface area contributed by atoms with Gasteiger partial charge in [0.1, 0.15) is 5.75 Å². The van der Waals surface area contributed by atoms with Crippen molar-refractivity contribution in [3.05, 3.63) is 60.2 Å². The fourth-order valence-corrected chi connectivity index (χ4v) is 3.94. The lowest BCUT2D eigenvalue weighted by Gasteiger charge is -2.19. The molecule has 1 atom stereocenters. The van der Waals surface area contributed by atoms with Gasteiger partial charge >= 0.3 is 6.36 Å². The lowest BCUT2D eigenvalue weighted by Crippen LogP contribution is -2.29. The van der Waals surface area contributed by atoms with E-state index in [2.05, 4.69) is 9.46 Å². The van der Waals surface area contributed by atoms with E-state index in [0.29, 0.717) is 12.3 Å². The van der Waals surface area contributed by atoms with Gasteiger partial charge in [-0.2, -0.15) is 0 Å². The van der Waals surface area contributed by atoms with E-state index in [1.54, 1.807) is 0 Å². The van der Waals surface area contributed by atoms with Crippen molar-refractivity contribution in [2.45, 2.75) is 36.6 Å². The lowest BCUT2D eigenvalue weighted by molar-refractivity contribution is -0.274. The summed E-state index contributed by atoms with van der Waals surface area (Å²) in [6, 6.07) is 13.0. The number of nitrogens with one attached hydrogen (secondary N) is 1. The van der Waals surface area contributed by atoms with Crippen LogP contribution in [0.4, 0.5) is 13.2 Å². The molecule has 1 aliphatic carbocycles. The first-order chi connectivity index (χ1) is 12.2. The summed E-state index contributed by atoms with van der Waals surface area (Å²) in [6.07, 6.45) is -1.97. The summed E-state index contributed by atoms with van der Waals surface area (Å²) in [5.41, 5.74) is 0.861. The second-order valence-electron chi connectivity index (χ2n) is 6.28. The third kappa shape index (κ3) is 5.22. The molecule has 1 N–H and O–H groups in total. The summed E-state index contributed by atoms with van der Waals surface area (Å²) in [6.45, 7) is 0. The summed E-state index contributed by atoms with van der Waals surface area (Å²) in [4.78, 5) is -0.108. The summed E-state index contributed by atoms with van der Waals surface area (Å²) < 4.78 is 68.4. The fraction of sp³-hybridized carbons (Fsp3) is 0.333. The van der Waals surface area contributed by atoms with Gasteiger partial charge in [-0.25, -0.2) is 13.1 Å². The Morgan fingerprint density at radius 3 is 2.19 bits per heavy atom. The van der Waals surface area contributed by atoms with Crippen LogP contribution in [0, 0.1) is 5.92 Å². The molecule has 2 aromatic carbocycles. The number of benzene rings is 2. The molecule has 0 aromatic heterocycles. The number of hydrogen-bond acceptors (Lipinski definition) is 3. The molecule has 140 valence electrons. The fourth-order valence-electron chi connectivity index (χ4n) is 2.70. The molecule has 0 saturated heterocycles. The minimum atomic E-state index is -4.82. The first-order valence-electron chi connectivity index (χ1n) is 8.16. The summed E-state index contributed by atoms with van der Waals surface area (Å²) in [5, 5.41) is 0. The molecule has 0 spiro atoms. The normalized spacial score (nSPS) is 16.3. The molecule has 0 radical (unpaired) electrons. The molecule has 0 amide bonds. The van der Waals surface area contributed by atoms with Crippen molar-refractivity contribution in [2.24, 2.45) is 5.92 Å². The molecule has 3 rings (SSSR count). The molecular weight excluding hydrogens is 367 g/mol. The average Bonchev–Trinajstić information content (AvgIpc) is 3.38.